The molecule has 1 heterocycles. The van der Waals surface area contributed by atoms with E-state index < -0.39 is 0 Å². The van der Waals surface area contributed by atoms with E-state index in [2.05, 4.69) is 15.6 Å². The van der Waals surface area contributed by atoms with Crippen LogP contribution >= 0.6 is 22.6 Å². The third-order valence-electron chi connectivity index (χ3n) is 2.58. The summed E-state index contributed by atoms with van der Waals surface area (Å²) < 4.78 is 13.7. The minimum absolute atomic E-state index is 0.279. The van der Waals surface area contributed by atoms with E-state index in [0.717, 1.165) is 0 Å². The Labute approximate surface area is 129 Å². The molecule has 0 saturated heterocycles. The number of hydrogen-bond donors (Lipinski definition) is 2. The summed E-state index contributed by atoms with van der Waals surface area (Å²) in [6.45, 7) is 2.60. The fourth-order valence-corrected chi connectivity index (χ4v) is 2.29. The molecule has 20 heavy (non-hydrogen) atoms. The Balaban J connectivity index is 2.24. The molecule has 0 unspecified atom stereocenters. The number of amides is 1. The summed E-state index contributed by atoms with van der Waals surface area (Å²) in [5.41, 5.74) is 1.03. The van der Waals surface area contributed by atoms with E-state index in [9.17, 15) is 9.18 Å². The van der Waals surface area contributed by atoms with Crippen molar-refractivity contribution in [3.05, 3.63) is 51.5 Å². The second kappa shape index (κ2) is 6.65. The van der Waals surface area contributed by atoms with Crippen molar-refractivity contribution in [3.8, 4) is 0 Å². The lowest BCUT2D eigenvalue weighted by atomic mass is 10.2. The number of aromatic nitrogens is 1. The van der Waals surface area contributed by atoms with Gasteiger partial charge in [-0.3, -0.25) is 4.79 Å². The molecule has 1 aromatic carbocycles. The molecule has 0 saturated carbocycles. The van der Waals surface area contributed by atoms with Crippen molar-refractivity contribution in [3.63, 3.8) is 0 Å². The summed E-state index contributed by atoms with van der Waals surface area (Å²) in [6, 6.07) is 7.61. The molecule has 4 nitrogen and oxygen atoms in total. The summed E-state index contributed by atoms with van der Waals surface area (Å²) in [4.78, 5) is 16.4. The maximum absolute atomic E-state index is 13.0. The molecule has 2 aromatic rings. The van der Waals surface area contributed by atoms with E-state index in [1.165, 1.54) is 18.2 Å². The van der Waals surface area contributed by atoms with Crippen LogP contribution in [0.2, 0.25) is 0 Å². The van der Waals surface area contributed by atoms with Crippen molar-refractivity contribution in [2.75, 3.05) is 17.2 Å². The lowest BCUT2D eigenvalue weighted by Gasteiger charge is -2.11. The predicted octanol–water partition coefficient (Wildman–Crippen LogP) is 3.51. The molecule has 104 valence electrons. The molecule has 2 N–H and O–H groups in total. The Morgan fingerprint density at radius 3 is 2.90 bits per heavy atom. The SMILES string of the molecule is CCNc1ncccc1C(=O)Nc1ccc(F)cc1I. The number of hydrogen-bond acceptors (Lipinski definition) is 3. The highest BCUT2D eigenvalue weighted by atomic mass is 127. The summed E-state index contributed by atoms with van der Waals surface area (Å²) >= 11 is 1.98. The maximum atomic E-state index is 13.0. The van der Waals surface area contributed by atoms with E-state index in [1.54, 1.807) is 18.3 Å². The van der Waals surface area contributed by atoms with Crippen molar-refractivity contribution in [1.29, 1.82) is 0 Å². The van der Waals surface area contributed by atoms with Crippen LogP contribution in [0.1, 0.15) is 17.3 Å². The van der Waals surface area contributed by atoms with Gasteiger partial charge >= 0.3 is 0 Å². The van der Waals surface area contributed by atoms with Crippen LogP contribution in [0, 0.1) is 9.39 Å². The van der Waals surface area contributed by atoms with E-state index in [-0.39, 0.29) is 11.7 Å². The first-order valence-electron chi connectivity index (χ1n) is 6.07. The first kappa shape index (κ1) is 14.7. The second-order valence-corrected chi connectivity index (χ2v) is 5.17. The number of benzene rings is 1. The normalized spacial score (nSPS) is 10.2. The van der Waals surface area contributed by atoms with Crippen LogP contribution in [0.25, 0.3) is 0 Å². The van der Waals surface area contributed by atoms with Crippen molar-refractivity contribution >= 4 is 40.0 Å². The number of nitrogens with one attached hydrogen (secondary N) is 2. The molecule has 6 heteroatoms. The quantitative estimate of drug-likeness (QED) is 0.793. The summed E-state index contributed by atoms with van der Waals surface area (Å²) in [6.07, 6.45) is 1.62. The van der Waals surface area contributed by atoms with Crippen LogP contribution in [0.4, 0.5) is 15.9 Å². The molecular weight excluding hydrogens is 372 g/mol. The zero-order valence-electron chi connectivity index (χ0n) is 10.8. The standard InChI is InChI=1S/C14H13FIN3O/c1-2-17-13-10(4-3-7-18-13)14(20)19-12-6-5-9(15)8-11(12)16/h3-8H,2H2,1H3,(H,17,18)(H,19,20). The highest BCUT2D eigenvalue weighted by Gasteiger charge is 2.13. The summed E-state index contributed by atoms with van der Waals surface area (Å²) in [5.74, 6) is -0.0784. The Hall–Kier alpha value is -1.70. The number of carbonyl (C=O) groups is 1. The average molecular weight is 385 g/mol. The third kappa shape index (κ3) is 3.44. The topological polar surface area (TPSA) is 54.0 Å². The van der Waals surface area contributed by atoms with Gasteiger partial charge in [0.15, 0.2) is 0 Å². The molecule has 0 radical (unpaired) electrons. The lowest BCUT2D eigenvalue weighted by molar-refractivity contribution is 0.102. The largest absolute Gasteiger partial charge is 0.370 e. The van der Waals surface area contributed by atoms with Gasteiger partial charge in [0.2, 0.25) is 0 Å². The van der Waals surface area contributed by atoms with E-state index >= 15 is 0 Å². The van der Waals surface area contributed by atoms with Crippen molar-refractivity contribution in [2.45, 2.75) is 6.92 Å². The van der Waals surface area contributed by atoms with E-state index in [0.29, 0.717) is 27.2 Å². The summed E-state index contributed by atoms with van der Waals surface area (Å²) in [7, 11) is 0. The van der Waals surface area contributed by atoms with Gasteiger partial charge < -0.3 is 10.6 Å². The van der Waals surface area contributed by atoms with Gasteiger partial charge in [-0.2, -0.15) is 0 Å². The minimum atomic E-state index is -0.331. The van der Waals surface area contributed by atoms with Crippen LogP contribution in [-0.4, -0.2) is 17.4 Å². The molecule has 0 aliphatic rings. The molecule has 2 rings (SSSR count). The van der Waals surface area contributed by atoms with Crippen LogP contribution in [0.15, 0.2) is 36.5 Å². The Morgan fingerprint density at radius 1 is 1.40 bits per heavy atom. The number of carbonyl (C=O) groups excluding carboxylic acids is 1. The van der Waals surface area contributed by atoms with Gasteiger partial charge in [0.25, 0.3) is 5.91 Å². The predicted molar refractivity (Wildman–Crippen MR) is 85.5 cm³/mol. The van der Waals surface area contributed by atoms with Crippen LogP contribution < -0.4 is 10.6 Å². The van der Waals surface area contributed by atoms with Crippen molar-refractivity contribution in [2.24, 2.45) is 0 Å². The van der Waals surface area contributed by atoms with Crippen LogP contribution in [0.5, 0.6) is 0 Å². The zero-order chi connectivity index (χ0) is 14.5. The first-order chi connectivity index (χ1) is 9.61. The molecular formula is C14H13FIN3O. The van der Waals surface area contributed by atoms with Gasteiger partial charge in [0, 0.05) is 16.3 Å². The Bertz CT molecular complexity index is 634. The third-order valence-corrected chi connectivity index (χ3v) is 3.47. The zero-order valence-corrected chi connectivity index (χ0v) is 12.9. The van der Waals surface area contributed by atoms with Crippen LogP contribution in [-0.2, 0) is 0 Å². The van der Waals surface area contributed by atoms with Crippen LogP contribution in [0.3, 0.4) is 0 Å². The Kier molecular flexibility index (Phi) is 4.89. The van der Waals surface area contributed by atoms with Gasteiger partial charge in [-0.25, -0.2) is 9.37 Å². The van der Waals surface area contributed by atoms with Crippen molar-refractivity contribution < 1.29 is 9.18 Å². The van der Waals surface area contributed by atoms with Gasteiger partial charge in [0.05, 0.1) is 11.3 Å². The first-order valence-corrected chi connectivity index (χ1v) is 7.15. The minimum Gasteiger partial charge on any atom is -0.370 e. The fraction of sp³-hybridized carbons (Fsp3) is 0.143. The average Bonchev–Trinajstić information content (AvgIpc) is 2.43. The van der Waals surface area contributed by atoms with Gasteiger partial charge in [-0.15, -0.1) is 0 Å². The highest BCUT2D eigenvalue weighted by molar-refractivity contribution is 14.1. The van der Waals surface area contributed by atoms with Crippen molar-refractivity contribution in [1.82, 2.24) is 4.98 Å². The molecule has 1 aromatic heterocycles. The molecule has 0 atom stereocenters. The monoisotopic (exact) mass is 385 g/mol. The second-order valence-electron chi connectivity index (χ2n) is 4.01. The molecule has 0 aliphatic carbocycles. The Morgan fingerprint density at radius 2 is 2.20 bits per heavy atom. The fourth-order valence-electron chi connectivity index (χ4n) is 1.68. The number of nitrogens with zero attached hydrogens (tertiary/aromatic N) is 1. The molecule has 0 spiro atoms. The number of pyridine rings is 1. The van der Waals surface area contributed by atoms with Gasteiger partial charge in [-0.05, 0) is 59.8 Å². The summed E-state index contributed by atoms with van der Waals surface area (Å²) in [5, 5.41) is 5.79. The highest BCUT2D eigenvalue weighted by Crippen LogP contribution is 2.21. The number of halogens is 2. The number of anilines is 2. The van der Waals surface area contributed by atoms with E-state index in [1.807, 2.05) is 29.5 Å². The maximum Gasteiger partial charge on any atom is 0.259 e. The smallest absolute Gasteiger partial charge is 0.259 e. The molecule has 1 amide bonds. The lowest BCUT2D eigenvalue weighted by Crippen LogP contribution is -2.16. The van der Waals surface area contributed by atoms with Gasteiger partial charge in [-0.1, -0.05) is 0 Å². The molecule has 0 bridgehead atoms. The van der Waals surface area contributed by atoms with E-state index in [4.69, 9.17) is 0 Å². The molecule has 0 aliphatic heterocycles. The molecule has 0 fully saturated rings. The number of rotatable bonds is 4. The van der Waals surface area contributed by atoms with Gasteiger partial charge in [0.1, 0.15) is 11.6 Å².